The Morgan fingerprint density at radius 1 is 0.893 bits per heavy atom. The predicted octanol–water partition coefficient (Wildman–Crippen LogP) is 3.18. The maximum Gasteiger partial charge on any atom is 0.225 e. The lowest BCUT2D eigenvalue weighted by molar-refractivity contribution is -0.140. The highest BCUT2D eigenvalue weighted by Crippen LogP contribution is 2.21. The maximum absolute atomic E-state index is 6.10. The van der Waals surface area contributed by atoms with Gasteiger partial charge in [-0.1, -0.05) is 72.8 Å². The predicted molar refractivity (Wildman–Crippen MR) is 112 cm³/mol. The Kier molecular flexibility index (Phi) is 5.21. The van der Waals surface area contributed by atoms with E-state index in [1.165, 1.54) is 10.9 Å². The highest BCUT2D eigenvalue weighted by Gasteiger charge is 2.25. The standard InChI is InChI=1S/C22H23N5O/c23-21-25-20(14-13-16-7-2-1-3-8-16)27(22(24)26-21)28-15-18-11-6-10-17-9-4-5-12-19(17)18/h1-12,20H,13-15H2,(H4,23,24,25,26). The summed E-state index contributed by atoms with van der Waals surface area (Å²) in [4.78, 5) is 14.6. The van der Waals surface area contributed by atoms with E-state index in [1.807, 2.05) is 36.4 Å². The zero-order valence-corrected chi connectivity index (χ0v) is 15.5. The van der Waals surface area contributed by atoms with E-state index < -0.39 is 0 Å². The molecule has 0 aliphatic carbocycles. The Morgan fingerprint density at radius 3 is 2.50 bits per heavy atom. The molecule has 0 spiro atoms. The molecule has 0 saturated carbocycles. The fourth-order valence-corrected chi connectivity index (χ4v) is 3.39. The maximum atomic E-state index is 6.10. The lowest BCUT2D eigenvalue weighted by atomic mass is 10.1. The van der Waals surface area contributed by atoms with Crippen LogP contribution in [0.15, 0.2) is 82.8 Å². The van der Waals surface area contributed by atoms with E-state index >= 15 is 0 Å². The molecule has 1 heterocycles. The Balaban J connectivity index is 1.49. The van der Waals surface area contributed by atoms with E-state index in [0.29, 0.717) is 6.61 Å². The van der Waals surface area contributed by atoms with Crippen LogP contribution in [0.25, 0.3) is 10.8 Å². The third-order valence-corrected chi connectivity index (χ3v) is 4.78. The second kappa shape index (κ2) is 8.10. The van der Waals surface area contributed by atoms with Crippen molar-refractivity contribution in [3.05, 3.63) is 83.9 Å². The molecule has 1 aliphatic heterocycles. The molecule has 28 heavy (non-hydrogen) atoms. The monoisotopic (exact) mass is 373 g/mol. The SMILES string of the molecule is NC1=NC(CCc2ccccc2)N(OCc2cccc3ccccc23)C(N)=N1. The fourth-order valence-electron chi connectivity index (χ4n) is 3.39. The normalized spacial score (nSPS) is 16.7. The molecular formula is C22H23N5O. The van der Waals surface area contributed by atoms with Crippen molar-refractivity contribution in [3.8, 4) is 0 Å². The number of guanidine groups is 2. The Morgan fingerprint density at radius 2 is 1.64 bits per heavy atom. The summed E-state index contributed by atoms with van der Waals surface area (Å²) in [5.74, 6) is 0.409. The van der Waals surface area contributed by atoms with E-state index in [-0.39, 0.29) is 18.1 Å². The Hall–Kier alpha value is -3.38. The number of benzene rings is 3. The number of nitrogens with two attached hydrogens (primary N) is 2. The van der Waals surface area contributed by atoms with Crippen LogP contribution in [0.4, 0.5) is 0 Å². The highest BCUT2D eigenvalue weighted by molar-refractivity contribution is 5.94. The van der Waals surface area contributed by atoms with Crippen LogP contribution in [0, 0.1) is 0 Å². The first-order valence-corrected chi connectivity index (χ1v) is 9.31. The first-order valence-electron chi connectivity index (χ1n) is 9.31. The van der Waals surface area contributed by atoms with Crippen molar-refractivity contribution in [2.24, 2.45) is 21.5 Å². The molecule has 142 valence electrons. The van der Waals surface area contributed by atoms with Gasteiger partial charge in [-0.3, -0.25) is 4.84 Å². The van der Waals surface area contributed by atoms with Crippen LogP contribution in [-0.2, 0) is 17.9 Å². The van der Waals surface area contributed by atoms with E-state index in [1.54, 1.807) is 5.06 Å². The number of hydrogen-bond donors (Lipinski definition) is 2. The lowest BCUT2D eigenvalue weighted by Gasteiger charge is -2.31. The molecule has 4 rings (SSSR count). The first-order chi connectivity index (χ1) is 13.7. The smallest absolute Gasteiger partial charge is 0.225 e. The van der Waals surface area contributed by atoms with Gasteiger partial charge in [-0.25, -0.2) is 4.99 Å². The van der Waals surface area contributed by atoms with Gasteiger partial charge < -0.3 is 11.5 Å². The lowest BCUT2D eigenvalue weighted by Crippen LogP contribution is -2.48. The zero-order valence-electron chi connectivity index (χ0n) is 15.5. The van der Waals surface area contributed by atoms with Gasteiger partial charge >= 0.3 is 0 Å². The van der Waals surface area contributed by atoms with Crippen LogP contribution in [-0.4, -0.2) is 23.1 Å². The van der Waals surface area contributed by atoms with Crippen molar-refractivity contribution < 1.29 is 4.84 Å². The van der Waals surface area contributed by atoms with Gasteiger partial charge in [0, 0.05) is 0 Å². The van der Waals surface area contributed by atoms with Crippen molar-refractivity contribution in [1.82, 2.24) is 5.06 Å². The molecule has 0 radical (unpaired) electrons. The molecule has 0 amide bonds. The summed E-state index contributed by atoms with van der Waals surface area (Å²) in [6.07, 6.45) is 1.24. The van der Waals surface area contributed by atoms with Crippen molar-refractivity contribution in [2.45, 2.75) is 25.6 Å². The number of hydroxylamine groups is 2. The quantitative estimate of drug-likeness (QED) is 0.694. The molecule has 1 aliphatic rings. The molecule has 3 aromatic carbocycles. The molecule has 0 fully saturated rings. The van der Waals surface area contributed by atoms with Crippen LogP contribution in [0.1, 0.15) is 17.5 Å². The van der Waals surface area contributed by atoms with Crippen LogP contribution < -0.4 is 11.5 Å². The second-order valence-electron chi connectivity index (χ2n) is 6.70. The zero-order chi connectivity index (χ0) is 19.3. The second-order valence-corrected chi connectivity index (χ2v) is 6.70. The van der Waals surface area contributed by atoms with Crippen LogP contribution in [0.5, 0.6) is 0 Å². The van der Waals surface area contributed by atoms with Gasteiger partial charge in [0.2, 0.25) is 11.9 Å². The fraction of sp³-hybridized carbons (Fsp3) is 0.182. The third kappa shape index (κ3) is 3.97. The average molecular weight is 373 g/mol. The van der Waals surface area contributed by atoms with E-state index in [0.717, 1.165) is 23.8 Å². The third-order valence-electron chi connectivity index (χ3n) is 4.78. The molecule has 4 N–H and O–H groups in total. The number of aryl methyl sites for hydroxylation is 1. The van der Waals surface area contributed by atoms with Gasteiger partial charge in [0.15, 0.2) is 6.17 Å². The number of nitrogens with zero attached hydrogens (tertiary/aromatic N) is 3. The van der Waals surface area contributed by atoms with Gasteiger partial charge in [-0.05, 0) is 34.7 Å². The molecule has 0 bridgehead atoms. The molecule has 1 unspecified atom stereocenters. The number of aliphatic imine (C=N–C) groups is 2. The average Bonchev–Trinajstić information content (AvgIpc) is 2.72. The van der Waals surface area contributed by atoms with Gasteiger partial charge in [0.25, 0.3) is 0 Å². The van der Waals surface area contributed by atoms with E-state index in [9.17, 15) is 0 Å². The minimum absolute atomic E-state index is 0.181. The summed E-state index contributed by atoms with van der Waals surface area (Å²) in [6.45, 7) is 0.370. The van der Waals surface area contributed by atoms with Gasteiger partial charge in [-0.15, -0.1) is 0 Å². The van der Waals surface area contributed by atoms with Crippen LogP contribution in [0.2, 0.25) is 0 Å². The summed E-state index contributed by atoms with van der Waals surface area (Å²) >= 11 is 0. The summed E-state index contributed by atoms with van der Waals surface area (Å²) < 4.78 is 0. The topological polar surface area (TPSA) is 89.2 Å². The molecule has 0 aromatic heterocycles. The van der Waals surface area contributed by atoms with Crippen molar-refractivity contribution in [1.29, 1.82) is 0 Å². The summed E-state index contributed by atoms with van der Waals surface area (Å²) in [5, 5.41) is 3.90. The van der Waals surface area contributed by atoms with Gasteiger partial charge in [0.1, 0.15) is 6.61 Å². The highest BCUT2D eigenvalue weighted by atomic mass is 16.7. The van der Waals surface area contributed by atoms with Crippen molar-refractivity contribution >= 4 is 22.7 Å². The largest absolute Gasteiger partial charge is 0.368 e. The molecular weight excluding hydrogens is 350 g/mol. The number of hydrogen-bond acceptors (Lipinski definition) is 6. The Labute approximate surface area is 164 Å². The number of rotatable bonds is 6. The van der Waals surface area contributed by atoms with Crippen LogP contribution in [0.3, 0.4) is 0 Å². The van der Waals surface area contributed by atoms with E-state index in [2.05, 4.69) is 46.4 Å². The molecule has 3 aromatic rings. The molecule has 1 atom stereocenters. The van der Waals surface area contributed by atoms with E-state index in [4.69, 9.17) is 16.3 Å². The van der Waals surface area contributed by atoms with Crippen molar-refractivity contribution in [2.75, 3.05) is 0 Å². The van der Waals surface area contributed by atoms with Gasteiger partial charge in [0.05, 0.1) is 0 Å². The minimum atomic E-state index is -0.312. The van der Waals surface area contributed by atoms with Crippen molar-refractivity contribution in [3.63, 3.8) is 0 Å². The summed E-state index contributed by atoms with van der Waals surface area (Å²) in [6, 6.07) is 24.6. The molecule has 6 heteroatoms. The molecule has 6 nitrogen and oxygen atoms in total. The van der Waals surface area contributed by atoms with Gasteiger partial charge in [-0.2, -0.15) is 10.1 Å². The number of fused-ring (bicyclic) bond motifs is 1. The molecule has 0 saturated heterocycles. The Bertz CT molecular complexity index is 1010. The summed E-state index contributed by atoms with van der Waals surface area (Å²) in [5.41, 5.74) is 14.2. The minimum Gasteiger partial charge on any atom is -0.368 e. The first kappa shape index (κ1) is 18.0. The summed E-state index contributed by atoms with van der Waals surface area (Å²) in [7, 11) is 0. The van der Waals surface area contributed by atoms with Crippen LogP contribution >= 0.6 is 0 Å².